The van der Waals surface area contributed by atoms with Crippen molar-refractivity contribution in [1.29, 1.82) is 0 Å². The summed E-state index contributed by atoms with van der Waals surface area (Å²) in [6, 6.07) is 2.87. The summed E-state index contributed by atoms with van der Waals surface area (Å²) in [7, 11) is -3.90. The lowest BCUT2D eigenvalue weighted by Crippen LogP contribution is -2.35. The Morgan fingerprint density at radius 1 is 1.56 bits per heavy atom. The molecule has 0 saturated heterocycles. The lowest BCUT2D eigenvalue weighted by atomic mass is 10.3. The van der Waals surface area contributed by atoms with Crippen molar-refractivity contribution in [2.45, 2.75) is 17.9 Å². The Labute approximate surface area is 93.1 Å². The first-order valence-corrected chi connectivity index (χ1v) is 6.04. The molecular formula is C9H13FN2O3S. The van der Waals surface area contributed by atoms with Crippen LogP contribution in [0.15, 0.2) is 23.1 Å². The Kier molecular flexibility index (Phi) is 3.84. The van der Waals surface area contributed by atoms with E-state index in [0.717, 1.165) is 6.07 Å². The second-order valence-corrected chi connectivity index (χ2v) is 5.04. The molecule has 1 rings (SSSR count). The average Bonchev–Trinajstić information content (AvgIpc) is 2.21. The summed E-state index contributed by atoms with van der Waals surface area (Å²) in [5.41, 5.74) is 4.90. The number of nitrogen functional groups attached to an aromatic ring is 1. The maximum absolute atomic E-state index is 13.1. The molecule has 0 bridgehead atoms. The second kappa shape index (κ2) is 4.77. The Hall–Kier alpha value is -1.18. The summed E-state index contributed by atoms with van der Waals surface area (Å²) < 4.78 is 38.6. The number of nitrogens with one attached hydrogen (secondary N) is 1. The molecule has 1 aromatic rings. The first-order chi connectivity index (χ1) is 7.38. The van der Waals surface area contributed by atoms with Gasteiger partial charge < -0.3 is 10.8 Å². The van der Waals surface area contributed by atoms with Crippen LogP contribution in [0.1, 0.15) is 6.92 Å². The third kappa shape index (κ3) is 2.69. The number of anilines is 1. The van der Waals surface area contributed by atoms with Crippen molar-refractivity contribution in [2.24, 2.45) is 0 Å². The van der Waals surface area contributed by atoms with E-state index in [1.807, 2.05) is 0 Å². The molecule has 0 saturated carbocycles. The molecule has 1 atom stereocenters. The molecule has 0 aliphatic rings. The van der Waals surface area contributed by atoms with Crippen LogP contribution in [0.3, 0.4) is 0 Å². The van der Waals surface area contributed by atoms with E-state index in [2.05, 4.69) is 4.72 Å². The van der Waals surface area contributed by atoms with Gasteiger partial charge in [0.1, 0.15) is 10.7 Å². The monoisotopic (exact) mass is 248 g/mol. The molecule has 0 aliphatic heterocycles. The van der Waals surface area contributed by atoms with Crippen molar-refractivity contribution >= 4 is 15.7 Å². The minimum absolute atomic E-state index is 0.326. The van der Waals surface area contributed by atoms with Crippen LogP contribution in [0.2, 0.25) is 0 Å². The topological polar surface area (TPSA) is 92.4 Å². The molecule has 90 valence electrons. The third-order valence-corrected chi connectivity index (χ3v) is 3.58. The van der Waals surface area contributed by atoms with E-state index < -0.39 is 27.6 Å². The Morgan fingerprint density at radius 3 is 2.75 bits per heavy atom. The van der Waals surface area contributed by atoms with E-state index >= 15 is 0 Å². The maximum atomic E-state index is 13.1. The lowest BCUT2D eigenvalue weighted by molar-refractivity contribution is 0.265. The number of nitrogens with two attached hydrogens (primary N) is 1. The Bertz CT molecular complexity index is 476. The molecule has 7 heteroatoms. The molecule has 5 nitrogen and oxygen atoms in total. The van der Waals surface area contributed by atoms with Crippen LogP contribution in [0, 0.1) is 5.82 Å². The number of aliphatic hydroxyl groups excluding tert-OH is 1. The lowest BCUT2D eigenvalue weighted by Gasteiger charge is -2.13. The van der Waals surface area contributed by atoms with Crippen molar-refractivity contribution in [1.82, 2.24) is 4.72 Å². The number of sulfonamides is 1. The van der Waals surface area contributed by atoms with Gasteiger partial charge in [0.2, 0.25) is 10.0 Å². The molecule has 0 radical (unpaired) electrons. The zero-order chi connectivity index (χ0) is 12.3. The van der Waals surface area contributed by atoms with Gasteiger partial charge in [0.25, 0.3) is 0 Å². The van der Waals surface area contributed by atoms with Crippen LogP contribution in [-0.4, -0.2) is 26.2 Å². The normalized spacial score (nSPS) is 13.7. The van der Waals surface area contributed by atoms with E-state index in [1.165, 1.54) is 19.1 Å². The van der Waals surface area contributed by atoms with Gasteiger partial charge in [-0.15, -0.1) is 0 Å². The Morgan fingerprint density at radius 2 is 2.19 bits per heavy atom. The maximum Gasteiger partial charge on any atom is 0.243 e. The van der Waals surface area contributed by atoms with Gasteiger partial charge in [-0.25, -0.2) is 17.5 Å². The van der Waals surface area contributed by atoms with Gasteiger partial charge in [0.15, 0.2) is 0 Å². The van der Waals surface area contributed by atoms with E-state index in [9.17, 15) is 12.8 Å². The predicted molar refractivity (Wildman–Crippen MR) is 57.7 cm³/mol. The van der Waals surface area contributed by atoms with Gasteiger partial charge in [-0.1, -0.05) is 6.07 Å². The summed E-state index contributed by atoms with van der Waals surface area (Å²) >= 11 is 0. The fourth-order valence-electron chi connectivity index (χ4n) is 1.12. The molecular weight excluding hydrogens is 235 g/mol. The van der Waals surface area contributed by atoms with E-state index in [0.29, 0.717) is 0 Å². The Balaban J connectivity index is 3.13. The van der Waals surface area contributed by atoms with E-state index in [4.69, 9.17) is 10.8 Å². The van der Waals surface area contributed by atoms with Crippen molar-refractivity contribution < 1.29 is 17.9 Å². The molecule has 0 spiro atoms. The number of aliphatic hydroxyl groups is 1. The molecule has 0 amide bonds. The number of halogens is 1. The third-order valence-electron chi connectivity index (χ3n) is 1.93. The molecule has 0 fully saturated rings. The summed E-state index contributed by atoms with van der Waals surface area (Å²) in [6.07, 6.45) is 0. The highest BCUT2D eigenvalue weighted by molar-refractivity contribution is 7.89. The zero-order valence-electron chi connectivity index (χ0n) is 8.64. The van der Waals surface area contributed by atoms with Crippen LogP contribution >= 0.6 is 0 Å². The molecule has 0 heterocycles. The van der Waals surface area contributed by atoms with Gasteiger partial charge in [-0.2, -0.15) is 0 Å². The summed E-state index contributed by atoms with van der Waals surface area (Å²) in [5.74, 6) is -0.792. The van der Waals surface area contributed by atoms with Crippen molar-refractivity contribution in [3.05, 3.63) is 24.0 Å². The average molecular weight is 248 g/mol. The standard InChI is InChI=1S/C9H13FN2O3S/c1-6(5-13)12-16(14,15)8-4-2-3-7(10)9(8)11/h2-4,6,12-13H,5,11H2,1H3/t6-/m1/s1. The van der Waals surface area contributed by atoms with Crippen LogP contribution in [0.25, 0.3) is 0 Å². The predicted octanol–water partition coefficient (Wildman–Crippen LogP) is 0.0670. The number of para-hydroxylation sites is 1. The zero-order valence-corrected chi connectivity index (χ0v) is 9.46. The summed E-state index contributed by atoms with van der Waals surface area (Å²) in [4.78, 5) is -0.326. The number of benzene rings is 1. The van der Waals surface area contributed by atoms with Gasteiger partial charge >= 0.3 is 0 Å². The van der Waals surface area contributed by atoms with Crippen molar-refractivity contribution in [3.63, 3.8) is 0 Å². The summed E-state index contributed by atoms with van der Waals surface area (Å²) in [5, 5.41) is 8.74. The summed E-state index contributed by atoms with van der Waals surface area (Å²) in [6.45, 7) is 1.13. The quantitative estimate of drug-likeness (QED) is 0.657. The highest BCUT2D eigenvalue weighted by Gasteiger charge is 2.21. The molecule has 0 aliphatic carbocycles. The van der Waals surface area contributed by atoms with E-state index in [-0.39, 0.29) is 11.5 Å². The molecule has 0 aromatic heterocycles. The molecule has 16 heavy (non-hydrogen) atoms. The van der Waals surface area contributed by atoms with E-state index in [1.54, 1.807) is 0 Å². The van der Waals surface area contributed by atoms with Crippen LogP contribution in [-0.2, 0) is 10.0 Å². The molecule has 4 N–H and O–H groups in total. The number of rotatable bonds is 4. The van der Waals surface area contributed by atoms with Crippen molar-refractivity contribution in [2.75, 3.05) is 12.3 Å². The van der Waals surface area contributed by atoms with Gasteiger partial charge in [-0.3, -0.25) is 0 Å². The largest absolute Gasteiger partial charge is 0.395 e. The molecule has 0 unspecified atom stereocenters. The van der Waals surface area contributed by atoms with Crippen LogP contribution in [0.4, 0.5) is 10.1 Å². The fraction of sp³-hybridized carbons (Fsp3) is 0.333. The highest BCUT2D eigenvalue weighted by Crippen LogP contribution is 2.20. The van der Waals surface area contributed by atoms with Gasteiger partial charge in [0.05, 0.1) is 12.3 Å². The number of hydrogen-bond acceptors (Lipinski definition) is 4. The number of hydrogen-bond donors (Lipinski definition) is 3. The fourth-order valence-corrected chi connectivity index (χ4v) is 2.49. The first kappa shape index (κ1) is 12.9. The highest BCUT2D eigenvalue weighted by atomic mass is 32.2. The molecule has 1 aromatic carbocycles. The smallest absolute Gasteiger partial charge is 0.243 e. The van der Waals surface area contributed by atoms with Crippen molar-refractivity contribution in [3.8, 4) is 0 Å². The van der Waals surface area contributed by atoms with Gasteiger partial charge in [-0.05, 0) is 19.1 Å². The minimum Gasteiger partial charge on any atom is -0.395 e. The second-order valence-electron chi connectivity index (χ2n) is 3.36. The minimum atomic E-state index is -3.90. The van der Waals surface area contributed by atoms with Gasteiger partial charge in [0, 0.05) is 6.04 Å². The SMILES string of the molecule is C[C@H](CO)NS(=O)(=O)c1cccc(F)c1N. The van der Waals surface area contributed by atoms with Crippen LogP contribution in [0.5, 0.6) is 0 Å². The van der Waals surface area contributed by atoms with Crippen LogP contribution < -0.4 is 10.5 Å². The first-order valence-electron chi connectivity index (χ1n) is 4.55.